The minimum absolute atomic E-state index is 0.571. The van der Waals surface area contributed by atoms with Crippen LogP contribution < -0.4 is 11.1 Å². The van der Waals surface area contributed by atoms with Crippen molar-refractivity contribution in [1.82, 2.24) is 10.2 Å². The molecule has 0 aromatic carbocycles. The molecule has 18 heavy (non-hydrogen) atoms. The fourth-order valence-electron chi connectivity index (χ4n) is 3.18. The zero-order valence-electron chi connectivity index (χ0n) is 11.7. The van der Waals surface area contributed by atoms with Crippen LogP contribution in [0.15, 0.2) is 4.99 Å². The van der Waals surface area contributed by atoms with E-state index in [0.717, 1.165) is 19.1 Å². The molecule has 0 spiro atoms. The van der Waals surface area contributed by atoms with Gasteiger partial charge in [0.25, 0.3) is 0 Å². The Morgan fingerprint density at radius 1 is 1.17 bits per heavy atom. The number of nitrogens with one attached hydrogen (secondary N) is 1. The van der Waals surface area contributed by atoms with Crippen LogP contribution >= 0.6 is 0 Å². The molecule has 4 nitrogen and oxygen atoms in total. The first-order chi connectivity index (χ1) is 8.75. The fourth-order valence-corrected chi connectivity index (χ4v) is 3.18. The third-order valence-electron chi connectivity index (χ3n) is 4.39. The van der Waals surface area contributed by atoms with E-state index < -0.39 is 0 Å². The molecule has 2 aliphatic rings. The minimum Gasteiger partial charge on any atom is -0.370 e. The molecule has 0 radical (unpaired) electrons. The van der Waals surface area contributed by atoms with E-state index in [1.54, 1.807) is 0 Å². The van der Waals surface area contributed by atoms with Crippen LogP contribution in [0.1, 0.15) is 51.4 Å². The van der Waals surface area contributed by atoms with Gasteiger partial charge < -0.3 is 16.0 Å². The van der Waals surface area contributed by atoms with E-state index in [4.69, 9.17) is 5.73 Å². The van der Waals surface area contributed by atoms with Gasteiger partial charge in [0, 0.05) is 18.6 Å². The van der Waals surface area contributed by atoms with Gasteiger partial charge in [-0.2, -0.15) is 0 Å². The molecule has 0 amide bonds. The zero-order chi connectivity index (χ0) is 12.8. The highest BCUT2D eigenvalue weighted by atomic mass is 15.2. The Morgan fingerprint density at radius 2 is 1.78 bits per heavy atom. The van der Waals surface area contributed by atoms with Crippen LogP contribution in [0, 0.1) is 0 Å². The molecule has 0 aromatic heterocycles. The Bertz CT molecular complexity index is 265. The number of aliphatic imine (C=N–C) groups is 1. The summed E-state index contributed by atoms with van der Waals surface area (Å²) < 4.78 is 0. The molecule has 2 fully saturated rings. The highest BCUT2D eigenvalue weighted by molar-refractivity contribution is 5.78. The SMILES string of the molecule is CN(CCN=C(N)NC1CCCC1)C1CCCC1. The second-order valence-corrected chi connectivity index (χ2v) is 5.81. The first kappa shape index (κ1) is 13.7. The standard InChI is InChI=1S/C14H28N4/c1-18(13-8-4-5-9-13)11-10-16-14(15)17-12-6-2-3-7-12/h12-13H,2-11H2,1H3,(H3,15,16,17). The van der Waals surface area contributed by atoms with Crippen LogP contribution in [0.5, 0.6) is 0 Å². The van der Waals surface area contributed by atoms with E-state index in [1.807, 2.05) is 0 Å². The van der Waals surface area contributed by atoms with Gasteiger partial charge in [-0.05, 0) is 32.7 Å². The number of guanidine groups is 1. The molecular weight excluding hydrogens is 224 g/mol. The van der Waals surface area contributed by atoms with Crippen molar-refractivity contribution in [3.05, 3.63) is 0 Å². The maximum Gasteiger partial charge on any atom is 0.188 e. The van der Waals surface area contributed by atoms with Crippen LogP contribution in [0.4, 0.5) is 0 Å². The Kier molecular flexibility index (Phi) is 5.29. The van der Waals surface area contributed by atoms with Gasteiger partial charge in [-0.25, -0.2) is 0 Å². The zero-order valence-corrected chi connectivity index (χ0v) is 11.7. The smallest absolute Gasteiger partial charge is 0.188 e. The number of nitrogens with two attached hydrogens (primary N) is 1. The van der Waals surface area contributed by atoms with Gasteiger partial charge in [-0.15, -0.1) is 0 Å². The van der Waals surface area contributed by atoms with Crippen molar-refractivity contribution in [3.63, 3.8) is 0 Å². The first-order valence-electron chi connectivity index (χ1n) is 7.52. The van der Waals surface area contributed by atoms with Crippen LogP contribution in [-0.2, 0) is 0 Å². The van der Waals surface area contributed by atoms with E-state index in [-0.39, 0.29) is 0 Å². The first-order valence-corrected chi connectivity index (χ1v) is 7.52. The summed E-state index contributed by atoms with van der Waals surface area (Å²) in [5.41, 5.74) is 5.91. The molecule has 0 unspecified atom stereocenters. The number of likely N-dealkylation sites (N-methyl/N-ethyl adjacent to an activating group) is 1. The van der Waals surface area contributed by atoms with Crippen LogP contribution in [-0.4, -0.2) is 43.1 Å². The number of hydrogen-bond acceptors (Lipinski definition) is 2. The second kappa shape index (κ2) is 6.98. The Hall–Kier alpha value is -0.770. The summed E-state index contributed by atoms with van der Waals surface area (Å²) in [6.45, 7) is 1.84. The molecule has 4 heteroatoms. The van der Waals surface area contributed by atoms with Gasteiger partial charge in [-0.3, -0.25) is 4.99 Å². The lowest BCUT2D eigenvalue weighted by Gasteiger charge is -2.23. The van der Waals surface area contributed by atoms with Gasteiger partial charge in [0.15, 0.2) is 5.96 Å². The third-order valence-corrected chi connectivity index (χ3v) is 4.39. The van der Waals surface area contributed by atoms with Gasteiger partial charge in [0.05, 0.1) is 6.54 Å². The summed E-state index contributed by atoms with van der Waals surface area (Å²) in [6, 6.07) is 1.35. The average Bonchev–Trinajstić information content (AvgIpc) is 3.00. The molecule has 3 N–H and O–H groups in total. The predicted molar refractivity (Wildman–Crippen MR) is 76.8 cm³/mol. The lowest BCUT2D eigenvalue weighted by molar-refractivity contribution is 0.252. The molecule has 2 aliphatic carbocycles. The van der Waals surface area contributed by atoms with Gasteiger partial charge in [0.1, 0.15) is 0 Å². The summed E-state index contributed by atoms with van der Waals surface area (Å²) in [5.74, 6) is 0.640. The fraction of sp³-hybridized carbons (Fsp3) is 0.929. The van der Waals surface area contributed by atoms with Crippen molar-refractivity contribution in [2.24, 2.45) is 10.7 Å². The molecular formula is C14H28N4. The lowest BCUT2D eigenvalue weighted by atomic mass is 10.2. The van der Waals surface area contributed by atoms with E-state index in [0.29, 0.717) is 12.0 Å². The molecule has 0 bridgehead atoms. The van der Waals surface area contributed by atoms with Crippen molar-refractivity contribution in [2.75, 3.05) is 20.1 Å². The van der Waals surface area contributed by atoms with Crippen LogP contribution in [0.2, 0.25) is 0 Å². The summed E-state index contributed by atoms with van der Waals surface area (Å²) >= 11 is 0. The molecule has 0 heterocycles. The summed E-state index contributed by atoms with van der Waals surface area (Å²) in [7, 11) is 2.21. The monoisotopic (exact) mass is 252 g/mol. The second-order valence-electron chi connectivity index (χ2n) is 5.81. The molecule has 0 saturated heterocycles. The molecule has 0 aliphatic heterocycles. The Labute approximate surface area is 111 Å². The van der Waals surface area contributed by atoms with Crippen molar-refractivity contribution in [2.45, 2.75) is 63.5 Å². The molecule has 0 atom stereocenters. The normalized spacial score (nSPS) is 23.1. The van der Waals surface area contributed by atoms with Crippen LogP contribution in [0.3, 0.4) is 0 Å². The predicted octanol–water partition coefficient (Wildman–Crippen LogP) is 1.71. The largest absolute Gasteiger partial charge is 0.370 e. The highest BCUT2D eigenvalue weighted by Gasteiger charge is 2.19. The topological polar surface area (TPSA) is 53.6 Å². The van der Waals surface area contributed by atoms with E-state index in [1.165, 1.54) is 51.4 Å². The maximum atomic E-state index is 5.91. The number of nitrogens with zero attached hydrogens (tertiary/aromatic N) is 2. The van der Waals surface area contributed by atoms with Crippen LogP contribution in [0.25, 0.3) is 0 Å². The molecule has 2 saturated carbocycles. The minimum atomic E-state index is 0.571. The molecule has 0 aromatic rings. The van der Waals surface area contributed by atoms with Crippen molar-refractivity contribution >= 4 is 5.96 Å². The van der Waals surface area contributed by atoms with E-state index >= 15 is 0 Å². The average molecular weight is 252 g/mol. The molecule has 104 valence electrons. The maximum absolute atomic E-state index is 5.91. The summed E-state index contributed by atoms with van der Waals surface area (Å²) in [4.78, 5) is 6.88. The number of hydrogen-bond donors (Lipinski definition) is 2. The Morgan fingerprint density at radius 3 is 2.44 bits per heavy atom. The molecule has 2 rings (SSSR count). The van der Waals surface area contributed by atoms with Gasteiger partial charge in [-0.1, -0.05) is 25.7 Å². The Balaban J connectivity index is 1.62. The summed E-state index contributed by atoms with van der Waals surface area (Å²) in [5, 5.41) is 3.33. The number of rotatable bonds is 5. The van der Waals surface area contributed by atoms with E-state index in [9.17, 15) is 0 Å². The highest BCUT2D eigenvalue weighted by Crippen LogP contribution is 2.21. The quantitative estimate of drug-likeness (QED) is 0.578. The van der Waals surface area contributed by atoms with Crippen molar-refractivity contribution < 1.29 is 0 Å². The van der Waals surface area contributed by atoms with Gasteiger partial charge in [0.2, 0.25) is 0 Å². The van der Waals surface area contributed by atoms with Crippen molar-refractivity contribution in [3.8, 4) is 0 Å². The van der Waals surface area contributed by atoms with Gasteiger partial charge >= 0.3 is 0 Å². The van der Waals surface area contributed by atoms with E-state index in [2.05, 4.69) is 22.3 Å². The third kappa shape index (κ3) is 4.16. The lowest BCUT2D eigenvalue weighted by Crippen LogP contribution is -2.39. The van der Waals surface area contributed by atoms with Crippen molar-refractivity contribution in [1.29, 1.82) is 0 Å². The summed E-state index contributed by atoms with van der Waals surface area (Å²) in [6.07, 6.45) is 10.7.